The highest BCUT2D eigenvalue weighted by molar-refractivity contribution is 7.15. The second-order valence-electron chi connectivity index (χ2n) is 4.50. The predicted octanol–water partition coefficient (Wildman–Crippen LogP) is 3.34. The number of nitrogens with zero attached hydrogens (tertiary/aromatic N) is 3. The summed E-state index contributed by atoms with van der Waals surface area (Å²) in [6.07, 6.45) is 1.57. The topological polar surface area (TPSA) is 80.9 Å². The number of oxazole rings is 1. The number of hydrogen-bond acceptors (Lipinski definition) is 6. The summed E-state index contributed by atoms with van der Waals surface area (Å²) >= 11 is 7.16. The molecule has 22 heavy (non-hydrogen) atoms. The van der Waals surface area contributed by atoms with Gasteiger partial charge in [-0.3, -0.25) is 4.79 Å². The second-order valence-corrected chi connectivity index (χ2v) is 6.12. The maximum atomic E-state index is 11.9. The van der Waals surface area contributed by atoms with Gasteiger partial charge in [0.05, 0.1) is 12.1 Å². The zero-order chi connectivity index (χ0) is 15.5. The van der Waals surface area contributed by atoms with Gasteiger partial charge in [-0.1, -0.05) is 22.9 Å². The zero-order valence-electron chi connectivity index (χ0n) is 11.5. The third-order valence-corrected chi connectivity index (χ3v) is 3.76. The van der Waals surface area contributed by atoms with E-state index in [4.69, 9.17) is 16.0 Å². The van der Waals surface area contributed by atoms with Crippen molar-refractivity contribution in [3.05, 3.63) is 46.3 Å². The summed E-state index contributed by atoms with van der Waals surface area (Å²) in [6.45, 7) is 1.82. The van der Waals surface area contributed by atoms with Crippen molar-refractivity contribution >= 4 is 34.0 Å². The predicted molar refractivity (Wildman–Crippen MR) is 83.9 cm³/mol. The summed E-state index contributed by atoms with van der Waals surface area (Å²) in [7, 11) is 0. The molecule has 2 heterocycles. The molecule has 1 aromatic carbocycles. The van der Waals surface area contributed by atoms with Crippen molar-refractivity contribution in [1.82, 2.24) is 15.2 Å². The lowest BCUT2D eigenvalue weighted by atomic mass is 10.2. The highest BCUT2D eigenvalue weighted by Crippen LogP contribution is 2.21. The number of halogens is 1. The smallest absolute Gasteiger partial charge is 0.232 e. The van der Waals surface area contributed by atoms with Gasteiger partial charge in [0.1, 0.15) is 11.3 Å². The Morgan fingerprint density at radius 1 is 1.32 bits per heavy atom. The van der Waals surface area contributed by atoms with Crippen molar-refractivity contribution in [2.24, 2.45) is 0 Å². The van der Waals surface area contributed by atoms with E-state index in [-0.39, 0.29) is 12.3 Å². The first kappa shape index (κ1) is 14.7. The van der Waals surface area contributed by atoms with Crippen molar-refractivity contribution in [2.75, 3.05) is 5.32 Å². The number of rotatable bonds is 4. The van der Waals surface area contributed by atoms with E-state index in [2.05, 4.69) is 20.5 Å². The summed E-state index contributed by atoms with van der Waals surface area (Å²) in [5.74, 6) is 0.235. The zero-order valence-corrected chi connectivity index (χ0v) is 13.1. The normalized spacial score (nSPS) is 10.6. The van der Waals surface area contributed by atoms with Gasteiger partial charge < -0.3 is 9.73 Å². The van der Waals surface area contributed by atoms with Crippen LogP contribution in [0.25, 0.3) is 11.5 Å². The lowest BCUT2D eigenvalue weighted by Crippen LogP contribution is -2.14. The van der Waals surface area contributed by atoms with Gasteiger partial charge in [-0.05, 0) is 31.2 Å². The van der Waals surface area contributed by atoms with Gasteiger partial charge in [0.2, 0.25) is 16.9 Å². The molecule has 0 spiro atoms. The summed E-state index contributed by atoms with van der Waals surface area (Å²) < 4.78 is 5.39. The lowest BCUT2D eigenvalue weighted by Gasteiger charge is -1.97. The summed E-state index contributed by atoms with van der Waals surface area (Å²) in [4.78, 5) is 16.2. The minimum Gasteiger partial charge on any atom is -0.444 e. The first-order valence-electron chi connectivity index (χ1n) is 6.40. The number of nitrogens with one attached hydrogen (secondary N) is 1. The number of amides is 1. The standard InChI is InChI=1S/C14H11ClN4O2S/c1-8-18-19-14(22-8)17-12(20)6-11-7-21-13(16-11)9-2-4-10(15)5-3-9/h2-5,7H,6H2,1H3,(H,17,19,20). The molecule has 0 aliphatic rings. The Bertz CT molecular complexity index is 797. The molecule has 3 aromatic rings. The first-order chi connectivity index (χ1) is 10.6. The average Bonchev–Trinajstić information content (AvgIpc) is 3.09. The van der Waals surface area contributed by atoms with Crippen LogP contribution in [0, 0.1) is 6.92 Å². The van der Waals surface area contributed by atoms with Crippen molar-refractivity contribution in [3.63, 3.8) is 0 Å². The lowest BCUT2D eigenvalue weighted by molar-refractivity contribution is -0.115. The Morgan fingerprint density at radius 2 is 2.09 bits per heavy atom. The van der Waals surface area contributed by atoms with Crippen LogP contribution in [0.1, 0.15) is 10.7 Å². The largest absolute Gasteiger partial charge is 0.444 e. The molecule has 0 aliphatic carbocycles. The van der Waals surface area contributed by atoms with E-state index in [1.54, 1.807) is 12.1 Å². The van der Waals surface area contributed by atoms with E-state index in [0.717, 1.165) is 10.6 Å². The molecule has 1 N–H and O–H groups in total. The first-order valence-corrected chi connectivity index (χ1v) is 7.60. The minimum absolute atomic E-state index is 0.107. The molecule has 0 atom stereocenters. The number of anilines is 1. The second kappa shape index (κ2) is 6.25. The number of carbonyl (C=O) groups excluding carboxylic acids is 1. The Hall–Kier alpha value is -2.25. The summed E-state index contributed by atoms with van der Waals surface area (Å²) in [5, 5.41) is 12.3. The third-order valence-electron chi connectivity index (χ3n) is 2.76. The Morgan fingerprint density at radius 3 is 2.77 bits per heavy atom. The maximum Gasteiger partial charge on any atom is 0.232 e. The van der Waals surface area contributed by atoms with E-state index >= 15 is 0 Å². The monoisotopic (exact) mass is 334 g/mol. The molecule has 0 unspecified atom stereocenters. The van der Waals surface area contributed by atoms with Crippen LogP contribution in [0.2, 0.25) is 5.02 Å². The van der Waals surface area contributed by atoms with E-state index < -0.39 is 0 Å². The summed E-state index contributed by atoms with van der Waals surface area (Å²) in [6, 6.07) is 7.13. The summed E-state index contributed by atoms with van der Waals surface area (Å²) in [5.41, 5.74) is 1.35. The molecule has 1 amide bonds. The molecule has 112 valence electrons. The van der Waals surface area contributed by atoms with Crippen LogP contribution in [0.4, 0.5) is 5.13 Å². The van der Waals surface area contributed by atoms with Crippen molar-refractivity contribution in [3.8, 4) is 11.5 Å². The van der Waals surface area contributed by atoms with E-state index in [1.165, 1.54) is 17.6 Å². The average molecular weight is 335 g/mol. The van der Waals surface area contributed by atoms with Gasteiger partial charge in [0, 0.05) is 10.6 Å². The molecule has 0 saturated heterocycles. The van der Waals surface area contributed by atoms with E-state index in [1.807, 2.05) is 19.1 Å². The number of aryl methyl sites for hydroxylation is 1. The molecule has 0 radical (unpaired) electrons. The number of benzene rings is 1. The highest BCUT2D eigenvalue weighted by Gasteiger charge is 2.12. The van der Waals surface area contributed by atoms with E-state index in [0.29, 0.717) is 21.7 Å². The molecule has 0 aliphatic heterocycles. The molecule has 0 bridgehead atoms. The molecule has 0 fully saturated rings. The fourth-order valence-corrected chi connectivity index (χ4v) is 2.52. The van der Waals surface area contributed by atoms with Crippen LogP contribution in [-0.2, 0) is 11.2 Å². The van der Waals surface area contributed by atoms with Crippen LogP contribution in [0.15, 0.2) is 34.9 Å². The molecule has 2 aromatic heterocycles. The van der Waals surface area contributed by atoms with Crippen molar-refractivity contribution < 1.29 is 9.21 Å². The van der Waals surface area contributed by atoms with Gasteiger partial charge in [-0.15, -0.1) is 10.2 Å². The van der Waals surface area contributed by atoms with Crippen LogP contribution in [0.3, 0.4) is 0 Å². The van der Waals surface area contributed by atoms with Gasteiger partial charge >= 0.3 is 0 Å². The third kappa shape index (κ3) is 3.49. The molecule has 0 saturated carbocycles. The van der Waals surface area contributed by atoms with Gasteiger partial charge in [0.25, 0.3) is 0 Å². The highest BCUT2D eigenvalue weighted by atomic mass is 35.5. The van der Waals surface area contributed by atoms with Crippen molar-refractivity contribution in [2.45, 2.75) is 13.3 Å². The molecular weight excluding hydrogens is 324 g/mol. The number of carbonyl (C=O) groups is 1. The quantitative estimate of drug-likeness (QED) is 0.791. The van der Waals surface area contributed by atoms with Crippen LogP contribution >= 0.6 is 22.9 Å². The van der Waals surface area contributed by atoms with E-state index in [9.17, 15) is 4.79 Å². The fraction of sp³-hybridized carbons (Fsp3) is 0.143. The molecule has 6 nitrogen and oxygen atoms in total. The van der Waals surface area contributed by atoms with Gasteiger partial charge in [-0.2, -0.15) is 0 Å². The minimum atomic E-state index is -0.216. The fourth-order valence-electron chi connectivity index (χ4n) is 1.79. The number of aromatic nitrogens is 3. The van der Waals surface area contributed by atoms with Gasteiger partial charge in [-0.25, -0.2) is 4.98 Å². The SMILES string of the molecule is Cc1nnc(NC(=O)Cc2coc(-c3ccc(Cl)cc3)n2)s1. The van der Waals surface area contributed by atoms with Gasteiger partial charge in [0.15, 0.2) is 0 Å². The Labute approximate surface area is 135 Å². The number of hydrogen-bond donors (Lipinski definition) is 1. The van der Waals surface area contributed by atoms with Crippen molar-refractivity contribution in [1.29, 1.82) is 0 Å². The van der Waals surface area contributed by atoms with Crippen LogP contribution in [-0.4, -0.2) is 21.1 Å². The van der Waals surface area contributed by atoms with Crippen LogP contribution in [0.5, 0.6) is 0 Å². The Kier molecular flexibility index (Phi) is 4.17. The Balaban J connectivity index is 1.66. The maximum absolute atomic E-state index is 11.9. The molecular formula is C14H11ClN4O2S. The molecule has 8 heteroatoms. The molecule has 3 rings (SSSR count). The van der Waals surface area contributed by atoms with Crippen LogP contribution < -0.4 is 5.32 Å².